The number of thiazole rings is 1. The first kappa shape index (κ1) is 22.2. The van der Waals surface area contributed by atoms with Gasteiger partial charge in [0.25, 0.3) is 0 Å². The highest BCUT2D eigenvalue weighted by Crippen LogP contribution is 2.35. The van der Waals surface area contributed by atoms with Crippen LogP contribution in [0.4, 0.5) is 4.39 Å². The van der Waals surface area contributed by atoms with Crippen molar-refractivity contribution in [2.45, 2.75) is 44.7 Å². The Labute approximate surface area is 198 Å². The maximum absolute atomic E-state index is 13.3. The highest BCUT2D eigenvalue weighted by molar-refractivity contribution is 7.15. The normalized spacial score (nSPS) is 21.5. The lowest BCUT2D eigenvalue weighted by atomic mass is 9.90. The van der Waals surface area contributed by atoms with Crippen LogP contribution in [0.3, 0.4) is 0 Å². The molecule has 1 aromatic heterocycles. The number of aryl methyl sites for hydroxylation is 1. The van der Waals surface area contributed by atoms with Gasteiger partial charge in [-0.25, -0.2) is 20.2 Å². The van der Waals surface area contributed by atoms with E-state index in [1.807, 2.05) is 11.8 Å². The summed E-state index contributed by atoms with van der Waals surface area (Å²) in [5, 5.41) is 0.875. The van der Waals surface area contributed by atoms with Crippen molar-refractivity contribution in [1.82, 2.24) is 20.7 Å². The Morgan fingerprint density at radius 3 is 2.55 bits per heavy atom. The Balaban J connectivity index is 1.17. The molecule has 2 aliphatic heterocycles. The third-order valence-electron chi connectivity index (χ3n) is 6.73. The van der Waals surface area contributed by atoms with Crippen LogP contribution in [0.1, 0.15) is 41.4 Å². The third kappa shape index (κ3) is 5.00. The smallest absolute Gasteiger partial charge is 0.241 e. The van der Waals surface area contributed by atoms with Gasteiger partial charge in [-0.15, -0.1) is 11.3 Å². The van der Waals surface area contributed by atoms with E-state index in [-0.39, 0.29) is 23.8 Å². The molecule has 3 aromatic rings. The van der Waals surface area contributed by atoms with Crippen LogP contribution >= 0.6 is 11.3 Å². The van der Waals surface area contributed by atoms with Crippen LogP contribution in [0.25, 0.3) is 10.6 Å². The van der Waals surface area contributed by atoms with Gasteiger partial charge in [0.05, 0.1) is 11.7 Å². The molecular formula is C26H29FN4OS. The molecular weight excluding hydrogens is 435 g/mol. The predicted molar refractivity (Wildman–Crippen MR) is 129 cm³/mol. The summed E-state index contributed by atoms with van der Waals surface area (Å²) < 4.78 is 13.3. The summed E-state index contributed by atoms with van der Waals surface area (Å²) in [6.07, 6.45) is 3.91. The van der Waals surface area contributed by atoms with Crippen molar-refractivity contribution < 1.29 is 9.18 Å². The van der Waals surface area contributed by atoms with Crippen molar-refractivity contribution in [2.75, 3.05) is 13.1 Å². The van der Waals surface area contributed by atoms with E-state index in [4.69, 9.17) is 4.98 Å². The molecule has 2 unspecified atom stereocenters. The Morgan fingerprint density at radius 1 is 1.09 bits per heavy atom. The standard InChI is InChI=1S/C26H29FN4OS/c1-17-24(33-25(28-17)20-7-9-21(27)10-8-20)22-16-23(30-29-22)26(32)31-13-11-19(12-14-31)15-18-5-3-2-4-6-18/h2-10,19,22-23,29-30H,11-16H2,1H3. The van der Waals surface area contributed by atoms with Gasteiger partial charge in [-0.1, -0.05) is 30.3 Å². The summed E-state index contributed by atoms with van der Waals surface area (Å²) in [4.78, 5) is 21.0. The first-order valence-electron chi connectivity index (χ1n) is 11.6. The Morgan fingerprint density at radius 2 is 1.82 bits per heavy atom. The van der Waals surface area contributed by atoms with E-state index in [0.29, 0.717) is 12.3 Å². The number of nitrogens with zero attached hydrogens (tertiary/aromatic N) is 2. The molecule has 7 heteroatoms. The zero-order valence-electron chi connectivity index (χ0n) is 18.8. The third-order valence-corrected chi connectivity index (χ3v) is 8.06. The Hall–Kier alpha value is -2.61. The molecule has 0 saturated carbocycles. The number of hydrogen-bond acceptors (Lipinski definition) is 5. The van der Waals surface area contributed by atoms with Gasteiger partial charge in [0.1, 0.15) is 16.9 Å². The van der Waals surface area contributed by atoms with Crippen molar-refractivity contribution in [3.8, 4) is 10.6 Å². The van der Waals surface area contributed by atoms with Crippen LogP contribution in [-0.4, -0.2) is 34.9 Å². The van der Waals surface area contributed by atoms with E-state index in [0.717, 1.165) is 53.5 Å². The number of carbonyl (C=O) groups excluding carboxylic acids is 1. The number of aromatic nitrogens is 1. The number of likely N-dealkylation sites (tertiary alicyclic amines) is 1. The monoisotopic (exact) mass is 464 g/mol. The highest BCUT2D eigenvalue weighted by Gasteiger charge is 2.35. The van der Waals surface area contributed by atoms with Gasteiger partial charge >= 0.3 is 0 Å². The van der Waals surface area contributed by atoms with E-state index in [2.05, 4.69) is 41.2 Å². The van der Waals surface area contributed by atoms with Crippen molar-refractivity contribution in [3.63, 3.8) is 0 Å². The van der Waals surface area contributed by atoms with Gasteiger partial charge in [0.2, 0.25) is 5.91 Å². The highest BCUT2D eigenvalue weighted by atomic mass is 32.1. The van der Waals surface area contributed by atoms with E-state index >= 15 is 0 Å². The van der Waals surface area contributed by atoms with E-state index in [1.165, 1.54) is 17.7 Å². The van der Waals surface area contributed by atoms with E-state index in [1.54, 1.807) is 23.5 Å². The topological polar surface area (TPSA) is 57.3 Å². The molecule has 0 aliphatic carbocycles. The van der Waals surface area contributed by atoms with E-state index in [9.17, 15) is 9.18 Å². The maximum atomic E-state index is 13.3. The lowest BCUT2D eigenvalue weighted by molar-refractivity contribution is -0.134. The Bertz CT molecular complexity index is 1090. The van der Waals surface area contributed by atoms with Gasteiger partial charge in [-0.05, 0) is 68.4 Å². The number of nitrogens with one attached hydrogen (secondary N) is 2. The van der Waals surface area contributed by atoms with Crippen molar-refractivity contribution in [2.24, 2.45) is 5.92 Å². The molecule has 0 radical (unpaired) electrons. The van der Waals surface area contributed by atoms with Crippen molar-refractivity contribution in [3.05, 3.63) is 76.5 Å². The zero-order valence-corrected chi connectivity index (χ0v) is 19.6. The molecule has 2 aromatic carbocycles. The first-order valence-corrected chi connectivity index (χ1v) is 12.5. The molecule has 0 spiro atoms. The largest absolute Gasteiger partial charge is 0.341 e. The molecule has 2 aliphatic rings. The van der Waals surface area contributed by atoms with Crippen LogP contribution < -0.4 is 10.9 Å². The molecule has 2 saturated heterocycles. The number of benzene rings is 2. The maximum Gasteiger partial charge on any atom is 0.241 e. The van der Waals surface area contributed by atoms with Gasteiger partial charge in [-0.2, -0.15) is 0 Å². The molecule has 5 nitrogen and oxygen atoms in total. The lowest BCUT2D eigenvalue weighted by Gasteiger charge is -2.33. The second-order valence-corrected chi connectivity index (χ2v) is 10.1. The summed E-state index contributed by atoms with van der Waals surface area (Å²) in [5.74, 6) is 0.576. The van der Waals surface area contributed by atoms with Gasteiger partial charge < -0.3 is 4.90 Å². The minimum absolute atomic E-state index is 0.0428. The molecule has 2 fully saturated rings. The molecule has 172 valence electrons. The van der Waals surface area contributed by atoms with Crippen LogP contribution in [0.2, 0.25) is 0 Å². The lowest BCUT2D eigenvalue weighted by Crippen LogP contribution is -2.48. The van der Waals surface area contributed by atoms with Crippen LogP contribution in [0.15, 0.2) is 54.6 Å². The molecule has 1 amide bonds. The van der Waals surface area contributed by atoms with Crippen LogP contribution in [-0.2, 0) is 11.2 Å². The fourth-order valence-electron chi connectivity index (χ4n) is 4.86. The average Bonchev–Trinajstić information content (AvgIpc) is 3.47. The number of amides is 1. The van der Waals surface area contributed by atoms with Crippen molar-refractivity contribution >= 4 is 17.2 Å². The van der Waals surface area contributed by atoms with Gasteiger partial charge in [-0.3, -0.25) is 4.79 Å². The number of halogens is 1. The average molecular weight is 465 g/mol. The number of hydrogen-bond donors (Lipinski definition) is 2. The van der Waals surface area contributed by atoms with E-state index < -0.39 is 0 Å². The minimum atomic E-state index is -0.251. The van der Waals surface area contributed by atoms with Crippen molar-refractivity contribution in [1.29, 1.82) is 0 Å². The zero-order chi connectivity index (χ0) is 22.8. The summed E-state index contributed by atoms with van der Waals surface area (Å²) in [6.45, 7) is 3.65. The van der Waals surface area contributed by atoms with Gasteiger partial charge in [0, 0.05) is 23.5 Å². The van der Waals surface area contributed by atoms with Crippen LogP contribution in [0, 0.1) is 18.7 Å². The number of piperidine rings is 1. The summed E-state index contributed by atoms with van der Waals surface area (Å²) in [5.41, 5.74) is 9.78. The summed E-state index contributed by atoms with van der Waals surface area (Å²) in [7, 11) is 0. The SMILES string of the molecule is Cc1nc(-c2ccc(F)cc2)sc1C1CC(C(=O)N2CCC(Cc3ccccc3)CC2)NN1. The molecule has 5 rings (SSSR count). The molecule has 3 heterocycles. The molecule has 2 N–H and O–H groups in total. The number of rotatable bonds is 5. The molecule has 33 heavy (non-hydrogen) atoms. The fourth-order valence-corrected chi connectivity index (χ4v) is 6.00. The quantitative estimate of drug-likeness (QED) is 0.577. The number of hydrazine groups is 1. The molecule has 2 atom stereocenters. The van der Waals surface area contributed by atoms with Crippen LogP contribution in [0.5, 0.6) is 0 Å². The summed E-state index contributed by atoms with van der Waals surface area (Å²) in [6, 6.07) is 16.9. The van der Waals surface area contributed by atoms with Gasteiger partial charge in [0.15, 0.2) is 0 Å². The fraction of sp³-hybridized carbons (Fsp3) is 0.385. The molecule has 0 bridgehead atoms. The number of carbonyl (C=O) groups is 1. The first-order chi connectivity index (χ1) is 16.1. The second kappa shape index (κ2) is 9.71. The Kier molecular flexibility index (Phi) is 6.53. The predicted octanol–water partition coefficient (Wildman–Crippen LogP) is 4.65. The minimum Gasteiger partial charge on any atom is -0.341 e. The summed E-state index contributed by atoms with van der Waals surface area (Å²) >= 11 is 1.61. The second-order valence-electron chi connectivity index (χ2n) is 9.06.